The SMILES string of the molecule is CCOC[C@H]1CCN(C(=O)[C@@H](Oc2ccccc2)C(C)(C)O)C1. The lowest BCUT2D eigenvalue weighted by molar-refractivity contribution is -0.148. The maximum Gasteiger partial charge on any atom is 0.266 e. The minimum Gasteiger partial charge on any atom is -0.478 e. The van der Waals surface area contributed by atoms with Crippen molar-refractivity contribution < 1.29 is 19.4 Å². The van der Waals surface area contributed by atoms with E-state index in [2.05, 4.69) is 0 Å². The third-order valence-electron chi connectivity index (χ3n) is 4.02. The zero-order valence-corrected chi connectivity index (χ0v) is 14.2. The van der Waals surface area contributed by atoms with E-state index in [1.165, 1.54) is 0 Å². The second-order valence-corrected chi connectivity index (χ2v) is 6.56. The molecule has 1 aromatic rings. The molecule has 128 valence electrons. The largest absolute Gasteiger partial charge is 0.478 e. The molecule has 0 saturated carbocycles. The number of carbonyl (C=O) groups excluding carboxylic acids is 1. The minimum atomic E-state index is -1.26. The van der Waals surface area contributed by atoms with Crippen molar-refractivity contribution in [3.63, 3.8) is 0 Å². The number of carbonyl (C=O) groups is 1. The van der Waals surface area contributed by atoms with E-state index in [9.17, 15) is 9.90 Å². The topological polar surface area (TPSA) is 59.0 Å². The summed E-state index contributed by atoms with van der Waals surface area (Å²) in [6.45, 7) is 7.88. The van der Waals surface area contributed by atoms with E-state index in [1.54, 1.807) is 30.9 Å². The van der Waals surface area contributed by atoms with Crippen LogP contribution in [0.5, 0.6) is 5.75 Å². The van der Waals surface area contributed by atoms with Crippen LogP contribution in [0.2, 0.25) is 0 Å². The molecule has 1 aromatic carbocycles. The van der Waals surface area contributed by atoms with Crippen LogP contribution in [0.4, 0.5) is 0 Å². The Morgan fingerprint density at radius 1 is 1.39 bits per heavy atom. The zero-order valence-electron chi connectivity index (χ0n) is 14.2. The van der Waals surface area contributed by atoms with E-state index in [0.717, 1.165) is 6.42 Å². The lowest BCUT2D eigenvalue weighted by Gasteiger charge is -2.32. The number of hydrogen-bond acceptors (Lipinski definition) is 4. The van der Waals surface area contributed by atoms with Gasteiger partial charge in [-0.15, -0.1) is 0 Å². The van der Waals surface area contributed by atoms with Gasteiger partial charge in [0.2, 0.25) is 6.10 Å². The van der Waals surface area contributed by atoms with E-state index >= 15 is 0 Å². The number of benzene rings is 1. The van der Waals surface area contributed by atoms with Gasteiger partial charge in [0.1, 0.15) is 11.4 Å². The van der Waals surface area contributed by atoms with Gasteiger partial charge in [-0.05, 0) is 39.3 Å². The van der Waals surface area contributed by atoms with Crippen LogP contribution in [0.25, 0.3) is 0 Å². The highest BCUT2D eigenvalue weighted by Gasteiger charge is 2.40. The van der Waals surface area contributed by atoms with Crippen LogP contribution in [0.1, 0.15) is 27.2 Å². The molecule has 1 amide bonds. The molecular formula is C18H27NO4. The van der Waals surface area contributed by atoms with Crippen molar-refractivity contribution >= 4 is 5.91 Å². The first-order valence-electron chi connectivity index (χ1n) is 8.22. The van der Waals surface area contributed by atoms with Crippen LogP contribution in [0.15, 0.2) is 30.3 Å². The summed E-state index contributed by atoms with van der Waals surface area (Å²) in [6, 6.07) is 9.14. The predicted octanol–water partition coefficient (Wildman–Crippen LogP) is 2.09. The minimum absolute atomic E-state index is 0.166. The van der Waals surface area contributed by atoms with Gasteiger partial charge in [-0.25, -0.2) is 0 Å². The number of nitrogens with zero attached hydrogens (tertiary/aromatic N) is 1. The fourth-order valence-corrected chi connectivity index (χ4v) is 2.75. The molecule has 0 radical (unpaired) electrons. The molecule has 1 heterocycles. The van der Waals surface area contributed by atoms with Gasteiger partial charge in [0, 0.05) is 25.6 Å². The van der Waals surface area contributed by atoms with Gasteiger partial charge >= 0.3 is 0 Å². The highest BCUT2D eigenvalue weighted by molar-refractivity contribution is 5.82. The Bertz CT molecular complexity index is 497. The van der Waals surface area contributed by atoms with Crippen LogP contribution in [0, 0.1) is 5.92 Å². The van der Waals surface area contributed by atoms with E-state index in [4.69, 9.17) is 9.47 Å². The molecule has 5 nitrogen and oxygen atoms in total. The van der Waals surface area contributed by atoms with Gasteiger partial charge < -0.3 is 19.5 Å². The molecule has 5 heteroatoms. The van der Waals surface area contributed by atoms with E-state index in [1.807, 2.05) is 25.1 Å². The lowest BCUT2D eigenvalue weighted by Crippen LogP contribution is -2.52. The average molecular weight is 321 g/mol. The molecule has 1 aliphatic rings. The molecular weight excluding hydrogens is 294 g/mol. The fraction of sp³-hybridized carbons (Fsp3) is 0.611. The Labute approximate surface area is 138 Å². The summed E-state index contributed by atoms with van der Waals surface area (Å²) in [7, 11) is 0. The second kappa shape index (κ2) is 7.79. The first kappa shape index (κ1) is 17.8. The number of aliphatic hydroxyl groups is 1. The average Bonchev–Trinajstić information content (AvgIpc) is 2.99. The second-order valence-electron chi connectivity index (χ2n) is 6.56. The van der Waals surface area contributed by atoms with Crippen LogP contribution in [-0.2, 0) is 9.53 Å². The number of para-hydroxylation sites is 1. The molecule has 1 fully saturated rings. The lowest BCUT2D eigenvalue weighted by atomic mass is 10.0. The van der Waals surface area contributed by atoms with Crippen molar-refractivity contribution in [3.8, 4) is 5.75 Å². The third-order valence-corrected chi connectivity index (χ3v) is 4.02. The van der Waals surface area contributed by atoms with Crippen molar-refractivity contribution in [1.82, 2.24) is 4.90 Å². The van der Waals surface area contributed by atoms with Gasteiger partial charge in [-0.3, -0.25) is 4.79 Å². The summed E-state index contributed by atoms with van der Waals surface area (Å²) >= 11 is 0. The van der Waals surface area contributed by atoms with E-state index < -0.39 is 11.7 Å². The molecule has 0 unspecified atom stereocenters. The number of hydrogen-bond donors (Lipinski definition) is 1. The van der Waals surface area contributed by atoms with Gasteiger partial charge in [0.05, 0.1) is 6.61 Å². The zero-order chi connectivity index (χ0) is 16.9. The van der Waals surface area contributed by atoms with E-state index in [0.29, 0.717) is 38.0 Å². The van der Waals surface area contributed by atoms with Gasteiger partial charge in [-0.2, -0.15) is 0 Å². The van der Waals surface area contributed by atoms with Crippen LogP contribution in [0.3, 0.4) is 0 Å². The Hall–Kier alpha value is -1.59. The highest BCUT2D eigenvalue weighted by atomic mass is 16.5. The first-order chi connectivity index (χ1) is 10.9. The molecule has 1 aliphatic heterocycles. The Morgan fingerprint density at radius 2 is 2.09 bits per heavy atom. The number of ether oxygens (including phenoxy) is 2. The number of likely N-dealkylation sites (tertiary alicyclic amines) is 1. The molecule has 23 heavy (non-hydrogen) atoms. The number of amides is 1. The Kier molecular flexibility index (Phi) is 6.02. The standard InChI is InChI=1S/C18H27NO4/c1-4-22-13-14-10-11-19(12-14)17(20)16(18(2,3)21)23-15-8-6-5-7-9-15/h5-9,14,16,21H,4,10-13H2,1-3H3/t14-,16+/m0/s1. The van der Waals surface area contributed by atoms with Crippen molar-refractivity contribution in [3.05, 3.63) is 30.3 Å². The molecule has 0 spiro atoms. The summed E-state index contributed by atoms with van der Waals surface area (Å²) in [5.74, 6) is 0.775. The molecule has 0 aliphatic carbocycles. The quantitative estimate of drug-likeness (QED) is 0.835. The van der Waals surface area contributed by atoms with Gasteiger partial charge in [0.15, 0.2) is 0 Å². The summed E-state index contributed by atoms with van der Waals surface area (Å²) < 4.78 is 11.2. The van der Waals surface area contributed by atoms with Crippen molar-refractivity contribution in [1.29, 1.82) is 0 Å². The molecule has 1 N–H and O–H groups in total. The molecule has 0 aromatic heterocycles. The van der Waals surface area contributed by atoms with Gasteiger partial charge in [-0.1, -0.05) is 18.2 Å². The normalized spacial score (nSPS) is 19.7. The summed E-state index contributed by atoms with van der Waals surface area (Å²) in [5, 5.41) is 10.4. The van der Waals surface area contributed by atoms with Crippen LogP contribution in [-0.4, -0.2) is 53.9 Å². The fourth-order valence-electron chi connectivity index (χ4n) is 2.75. The Balaban J connectivity index is 2.03. The van der Waals surface area contributed by atoms with Crippen molar-refractivity contribution in [2.75, 3.05) is 26.3 Å². The number of rotatable bonds is 7. The first-order valence-corrected chi connectivity index (χ1v) is 8.22. The molecule has 1 saturated heterocycles. The highest BCUT2D eigenvalue weighted by Crippen LogP contribution is 2.24. The third kappa shape index (κ3) is 4.94. The maximum absolute atomic E-state index is 12.8. The molecule has 2 rings (SSSR count). The summed E-state index contributed by atoms with van der Waals surface area (Å²) in [4.78, 5) is 14.6. The maximum atomic E-state index is 12.8. The molecule has 2 atom stereocenters. The van der Waals surface area contributed by atoms with Crippen LogP contribution >= 0.6 is 0 Å². The van der Waals surface area contributed by atoms with Crippen molar-refractivity contribution in [2.24, 2.45) is 5.92 Å². The smallest absolute Gasteiger partial charge is 0.266 e. The molecule has 0 bridgehead atoms. The van der Waals surface area contributed by atoms with E-state index in [-0.39, 0.29) is 5.91 Å². The predicted molar refractivity (Wildman–Crippen MR) is 88.3 cm³/mol. The Morgan fingerprint density at radius 3 is 2.70 bits per heavy atom. The monoisotopic (exact) mass is 321 g/mol. The van der Waals surface area contributed by atoms with Crippen LogP contribution < -0.4 is 4.74 Å². The van der Waals surface area contributed by atoms with Gasteiger partial charge in [0.25, 0.3) is 5.91 Å². The summed E-state index contributed by atoms with van der Waals surface area (Å²) in [6.07, 6.45) is 0.00564. The van der Waals surface area contributed by atoms with Crippen molar-refractivity contribution in [2.45, 2.75) is 38.9 Å². The summed E-state index contributed by atoms with van der Waals surface area (Å²) in [5.41, 5.74) is -1.26.